The van der Waals surface area contributed by atoms with Crippen molar-refractivity contribution in [3.8, 4) is 0 Å². The smallest absolute Gasteiger partial charge is 0.223 e. The van der Waals surface area contributed by atoms with Crippen LogP contribution in [-0.4, -0.2) is 59.3 Å². The van der Waals surface area contributed by atoms with Crippen LogP contribution >= 0.6 is 0 Å². The molecule has 2 aromatic rings. The fraction of sp³-hybridized carbons (Fsp3) is 0.526. The van der Waals surface area contributed by atoms with Crippen LogP contribution in [0.15, 0.2) is 24.5 Å². The summed E-state index contributed by atoms with van der Waals surface area (Å²) in [5.41, 5.74) is 0.621. The van der Waals surface area contributed by atoms with Crippen LogP contribution in [0.2, 0.25) is 0 Å². The maximum Gasteiger partial charge on any atom is 0.223 e. The van der Waals surface area contributed by atoms with Gasteiger partial charge in [-0.2, -0.15) is 0 Å². The summed E-state index contributed by atoms with van der Waals surface area (Å²) in [6, 6.07) is 4.94. The zero-order valence-corrected chi connectivity index (χ0v) is 15.1. The van der Waals surface area contributed by atoms with Crippen LogP contribution in [0.4, 0.5) is 10.2 Å². The first-order chi connectivity index (χ1) is 13.2. The molecule has 2 saturated heterocycles. The number of nitrogens with one attached hydrogen (secondary N) is 2. The van der Waals surface area contributed by atoms with Gasteiger partial charge in [-0.15, -0.1) is 0 Å². The number of amides is 1. The lowest BCUT2D eigenvalue weighted by Gasteiger charge is -2.43. The number of nitrogens with zero attached hydrogens (tertiary/aromatic N) is 4. The number of benzene rings is 1. The van der Waals surface area contributed by atoms with Gasteiger partial charge in [0, 0.05) is 50.1 Å². The summed E-state index contributed by atoms with van der Waals surface area (Å²) in [4.78, 5) is 25.2. The molecule has 2 atom stereocenters. The zero-order chi connectivity index (χ0) is 18.4. The molecular weight excluding hydrogens is 347 g/mol. The summed E-state index contributed by atoms with van der Waals surface area (Å²) in [5.74, 6) is 1.35. The van der Waals surface area contributed by atoms with Gasteiger partial charge >= 0.3 is 0 Å². The van der Waals surface area contributed by atoms with Gasteiger partial charge in [-0.05, 0) is 30.9 Å². The first kappa shape index (κ1) is 16.8. The first-order valence-corrected chi connectivity index (χ1v) is 9.62. The monoisotopic (exact) mass is 370 g/mol. The molecule has 1 aromatic carbocycles. The molecule has 1 amide bonds. The van der Waals surface area contributed by atoms with Gasteiger partial charge in [0.1, 0.15) is 24.3 Å². The third kappa shape index (κ3) is 3.35. The Labute approximate surface area is 156 Å². The minimum Gasteiger partial charge on any atom is -0.353 e. The van der Waals surface area contributed by atoms with E-state index in [-0.39, 0.29) is 18.0 Å². The van der Waals surface area contributed by atoms with Gasteiger partial charge in [0.25, 0.3) is 0 Å². The lowest BCUT2D eigenvalue weighted by molar-refractivity contribution is -0.127. The lowest BCUT2D eigenvalue weighted by Crippen LogP contribution is -2.67. The second-order valence-corrected chi connectivity index (χ2v) is 7.67. The quantitative estimate of drug-likeness (QED) is 0.842. The highest BCUT2D eigenvalue weighted by Gasteiger charge is 2.39. The molecule has 2 unspecified atom stereocenters. The number of aromatic nitrogens is 2. The lowest BCUT2D eigenvalue weighted by atomic mass is 10.1. The molecule has 0 bridgehead atoms. The van der Waals surface area contributed by atoms with Crippen LogP contribution in [0.1, 0.15) is 19.3 Å². The standard InChI is InChI=1S/C19H23FN6O/c20-13-3-4-14-16(9-13)21-11-22-18(14)25-5-7-26(8-6-25)19-23-15(12-1-2-12)10-17(27)24-19/h3-4,9,11-12,15,19,23H,1-2,5-8,10H2,(H,24,27). The molecule has 2 N–H and O–H groups in total. The van der Waals surface area contributed by atoms with Crippen molar-refractivity contribution in [3.05, 3.63) is 30.3 Å². The van der Waals surface area contributed by atoms with E-state index >= 15 is 0 Å². The van der Waals surface area contributed by atoms with Crippen molar-refractivity contribution in [3.63, 3.8) is 0 Å². The number of fused-ring (bicyclic) bond motifs is 1. The number of carbonyl (C=O) groups excluding carboxylic acids is 1. The Morgan fingerprint density at radius 2 is 1.93 bits per heavy atom. The van der Waals surface area contributed by atoms with E-state index in [1.165, 1.54) is 31.3 Å². The maximum absolute atomic E-state index is 13.5. The average molecular weight is 370 g/mol. The van der Waals surface area contributed by atoms with Crippen molar-refractivity contribution in [1.29, 1.82) is 0 Å². The molecule has 2 aliphatic heterocycles. The molecular formula is C19H23FN6O. The summed E-state index contributed by atoms with van der Waals surface area (Å²) in [7, 11) is 0. The number of halogens is 1. The predicted octanol–water partition coefficient (Wildman–Crippen LogP) is 1.06. The molecule has 0 radical (unpaired) electrons. The predicted molar refractivity (Wildman–Crippen MR) is 99.5 cm³/mol. The van der Waals surface area contributed by atoms with Gasteiger partial charge in [-0.1, -0.05) is 0 Å². The van der Waals surface area contributed by atoms with Crippen LogP contribution in [0, 0.1) is 11.7 Å². The molecule has 3 aliphatic rings. The molecule has 1 aromatic heterocycles. The molecule has 0 spiro atoms. The highest BCUT2D eigenvalue weighted by Crippen LogP contribution is 2.35. The molecule has 8 heteroatoms. The molecule has 5 rings (SSSR count). The van der Waals surface area contributed by atoms with E-state index in [1.54, 1.807) is 6.07 Å². The molecule has 27 heavy (non-hydrogen) atoms. The van der Waals surface area contributed by atoms with E-state index in [1.807, 2.05) is 0 Å². The highest BCUT2D eigenvalue weighted by molar-refractivity contribution is 5.89. The van der Waals surface area contributed by atoms with Crippen molar-refractivity contribution >= 4 is 22.6 Å². The fourth-order valence-electron chi connectivity index (χ4n) is 4.17. The topological polar surface area (TPSA) is 73.4 Å². The van der Waals surface area contributed by atoms with E-state index in [2.05, 4.69) is 30.4 Å². The Morgan fingerprint density at radius 1 is 1.11 bits per heavy atom. The van der Waals surface area contributed by atoms with E-state index in [4.69, 9.17) is 0 Å². The minimum atomic E-state index is -0.290. The number of hydrogen-bond donors (Lipinski definition) is 2. The Hall–Kier alpha value is -2.32. The normalized spacial score (nSPS) is 27.0. The number of piperazine rings is 1. The molecule has 3 heterocycles. The molecule has 142 valence electrons. The summed E-state index contributed by atoms with van der Waals surface area (Å²) in [6.07, 6.45) is 4.45. The Kier molecular flexibility index (Phi) is 4.17. The summed E-state index contributed by atoms with van der Waals surface area (Å²) in [5, 5.41) is 7.56. The van der Waals surface area contributed by atoms with E-state index in [9.17, 15) is 9.18 Å². The van der Waals surface area contributed by atoms with Crippen molar-refractivity contribution in [1.82, 2.24) is 25.5 Å². The number of hydrogen-bond acceptors (Lipinski definition) is 6. The Bertz CT molecular complexity index is 864. The minimum absolute atomic E-state index is 0.0877. The van der Waals surface area contributed by atoms with Crippen molar-refractivity contribution in [2.45, 2.75) is 31.6 Å². The third-order valence-electron chi connectivity index (χ3n) is 5.82. The van der Waals surface area contributed by atoms with Crippen LogP contribution in [0.5, 0.6) is 0 Å². The van der Waals surface area contributed by atoms with E-state index < -0.39 is 0 Å². The van der Waals surface area contributed by atoms with Gasteiger partial charge in [0.15, 0.2) is 0 Å². The second-order valence-electron chi connectivity index (χ2n) is 7.67. The summed E-state index contributed by atoms with van der Waals surface area (Å²) >= 11 is 0. The van der Waals surface area contributed by atoms with Gasteiger partial charge < -0.3 is 10.2 Å². The average Bonchev–Trinajstić information content (AvgIpc) is 3.52. The van der Waals surface area contributed by atoms with E-state index in [0.717, 1.165) is 37.4 Å². The summed E-state index contributed by atoms with van der Waals surface area (Å²) < 4.78 is 13.5. The molecule has 7 nitrogen and oxygen atoms in total. The van der Waals surface area contributed by atoms with Crippen LogP contribution in [0.3, 0.4) is 0 Å². The largest absolute Gasteiger partial charge is 0.353 e. The Balaban J connectivity index is 1.28. The van der Waals surface area contributed by atoms with Crippen molar-refractivity contribution in [2.75, 3.05) is 31.1 Å². The summed E-state index contributed by atoms with van der Waals surface area (Å²) in [6.45, 7) is 3.24. The SMILES string of the molecule is O=C1CC(C2CC2)NC(N2CCN(c3ncnc4cc(F)ccc34)CC2)N1. The van der Waals surface area contributed by atoms with Gasteiger partial charge in [0.2, 0.25) is 5.91 Å². The fourth-order valence-corrected chi connectivity index (χ4v) is 4.17. The molecule has 3 fully saturated rings. The van der Waals surface area contributed by atoms with E-state index in [0.29, 0.717) is 23.9 Å². The van der Waals surface area contributed by atoms with Crippen LogP contribution < -0.4 is 15.5 Å². The maximum atomic E-state index is 13.5. The number of carbonyl (C=O) groups is 1. The second kappa shape index (κ2) is 6.69. The van der Waals surface area contributed by atoms with Gasteiger partial charge in [-0.25, -0.2) is 14.4 Å². The zero-order valence-electron chi connectivity index (χ0n) is 15.1. The Morgan fingerprint density at radius 3 is 2.70 bits per heavy atom. The third-order valence-corrected chi connectivity index (χ3v) is 5.82. The number of rotatable bonds is 3. The first-order valence-electron chi connectivity index (χ1n) is 9.62. The molecule has 1 saturated carbocycles. The van der Waals surface area contributed by atoms with Crippen molar-refractivity contribution < 1.29 is 9.18 Å². The molecule has 1 aliphatic carbocycles. The van der Waals surface area contributed by atoms with Crippen molar-refractivity contribution in [2.24, 2.45) is 5.92 Å². The van der Waals surface area contributed by atoms with Crippen LogP contribution in [-0.2, 0) is 4.79 Å². The van der Waals surface area contributed by atoms with Gasteiger partial charge in [-0.3, -0.25) is 15.0 Å². The van der Waals surface area contributed by atoms with Gasteiger partial charge in [0.05, 0.1) is 5.52 Å². The number of anilines is 1. The van der Waals surface area contributed by atoms with Crippen LogP contribution in [0.25, 0.3) is 10.9 Å². The highest BCUT2D eigenvalue weighted by atomic mass is 19.1.